The molecule has 18 heavy (non-hydrogen) atoms. The van der Waals surface area contributed by atoms with Gasteiger partial charge >= 0.3 is 11.9 Å². The molecule has 1 aliphatic rings. The molecule has 0 bridgehead atoms. The van der Waals surface area contributed by atoms with Gasteiger partial charge in [-0.25, -0.2) is 0 Å². The third-order valence-corrected chi connectivity index (χ3v) is 2.21. The molecule has 0 radical (unpaired) electrons. The molecule has 0 spiro atoms. The molecule has 1 aliphatic heterocycles. The van der Waals surface area contributed by atoms with E-state index in [0.29, 0.717) is 17.1 Å². The molecule has 96 valence electrons. The van der Waals surface area contributed by atoms with E-state index in [1.807, 2.05) is 0 Å². The number of rotatable bonds is 3. The Kier molecular flexibility index (Phi) is 3.36. The highest BCUT2D eigenvalue weighted by Gasteiger charge is 2.22. The standard InChI is InChI=1S/C12H12O6/c1-7(13)17-12(18-8(2)14)9-3-4-10-11(5-9)16-6-15-10/h3-5,12H,6H2,1-2H3. The monoisotopic (exact) mass is 252 g/mol. The van der Waals surface area contributed by atoms with Crippen LogP contribution < -0.4 is 9.47 Å². The van der Waals surface area contributed by atoms with Crippen molar-refractivity contribution in [3.8, 4) is 11.5 Å². The summed E-state index contributed by atoms with van der Waals surface area (Å²) < 4.78 is 20.2. The largest absolute Gasteiger partial charge is 0.454 e. The first-order valence-electron chi connectivity index (χ1n) is 5.30. The van der Waals surface area contributed by atoms with Crippen LogP contribution >= 0.6 is 0 Å². The van der Waals surface area contributed by atoms with E-state index in [1.54, 1.807) is 18.2 Å². The van der Waals surface area contributed by atoms with Crippen LogP contribution in [-0.4, -0.2) is 18.7 Å². The molecule has 0 amide bonds. The van der Waals surface area contributed by atoms with Crippen LogP contribution in [0.2, 0.25) is 0 Å². The summed E-state index contributed by atoms with van der Waals surface area (Å²) in [4.78, 5) is 21.9. The first kappa shape index (κ1) is 12.2. The zero-order chi connectivity index (χ0) is 13.1. The first-order valence-corrected chi connectivity index (χ1v) is 5.30. The average Bonchev–Trinajstić information content (AvgIpc) is 2.73. The van der Waals surface area contributed by atoms with Crippen LogP contribution in [0, 0.1) is 0 Å². The number of benzene rings is 1. The van der Waals surface area contributed by atoms with E-state index >= 15 is 0 Å². The molecule has 0 aliphatic carbocycles. The van der Waals surface area contributed by atoms with Crippen LogP contribution in [-0.2, 0) is 19.1 Å². The molecule has 0 atom stereocenters. The summed E-state index contributed by atoms with van der Waals surface area (Å²) in [6, 6.07) is 4.92. The van der Waals surface area contributed by atoms with Crippen molar-refractivity contribution in [3.63, 3.8) is 0 Å². The number of ether oxygens (including phenoxy) is 4. The number of carbonyl (C=O) groups excluding carboxylic acids is 2. The zero-order valence-corrected chi connectivity index (χ0v) is 9.97. The molecule has 1 heterocycles. The minimum atomic E-state index is -1.07. The van der Waals surface area contributed by atoms with Crippen molar-refractivity contribution in [1.82, 2.24) is 0 Å². The zero-order valence-electron chi connectivity index (χ0n) is 9.97. The van der Waals surface area contributed by atoms with Crippen LogP contribution in [0.1, 0.15) is 25.7 Å². The molecule has 0 N–H and O–H groups in total. The van der Waals surface area contributed by atoms with Crippen LogP contribution in [0.4, 0.5) is 0 Å². The summed E-state index contributed by atoms with van der Waals surface area (Å²) in [7, 11) is 0. The van der Waals surface area contributed by atoms with Crippen molar-refractivity contribution in [2.75, 3.05) is 6.79 Å². The molecular formula is C12H12O6. The molecule has 0 saturated carbocycles. The summed E-state index contributed by atoms with van der Waals surface area (Å²) in [5.41, 5.74) is 0.504. The quantitative estimate of drug-likeness (QED) is 0.600. The van der Waals surface area contributed by atoms with Gasteiger partial charge in [-0.3, -0.25) is 9.59 Å². The van der Waals surface area contributed by atoms with Crippen LogP contribution in [0.5, 0.6) is 11.5 Å². The predicted molar refractivity (Wildman–Crippen MR) is 58.8 cm³/mol. The lowest BCUT2D eigenvalue weighted by molar-refractivity contribution is -0.186. The van der Waals surface area contributed by atoms with Crippen LogP contribution in [0.15, 0.2) is 18.2 Å². The molecular weight excluding hydrogens is 240 g/mol. The van der Waals surface area contributed by atoms with Gasteiger partial charge in [-0.1, -0.05) is 0 Å². The summed E-state index contributed by atoms with van der Waals surface area (Å²) in [5, 5.41) is 0. The van der Waals surface area contributed by atoms with E-state index in [2.05, 4.69) is 0 Å². The van der Waals surface area contributed by atoms with Crippen molar-refractivity contribution < 1.29 is 28.5 Å². The average molecular weight is 252 g/mol. The second kappa shape index (κ2) is 4.95. The highest BCUT2D eigenvalue weighted by Crippen LogP contribution is 2.35. The molecule has 0 unspecified atom stereocenters. The van der Waals surface area contributed by atoms with E-state index < -0.39 is 18.2 Å². The van der Waals surface area contributed by atoms with Gasteiger partial charge in [0.2, 0.25) is 6.79 Å². The second-order valence-corrected chi connectivity index (χ2v) is 3.66. The fraction of sp³-hybridized carbons (Fsp3) is 0.333. The lowest BCUT2D eigenvalue weighted by Crippen LogP contribution is -2.14. The predicted octanol–water partition coefficient (Wildman–Crippen LogP) is 1.54. The Morgan fingerprint density at radius 1 is 1.11 bits per heavy atom. The van der Waals surface area contributed by atoms with E-state index in [-0.39, 0.29) is 6.79 Å². The SMILES string of the molecule is CC(=O)OC(OC(C)=O)c1ccc2c(c1)OCO2. The maximum Gasteiger partial charge on any atom is 0.305 e. The number of hydrogen-bond acceptors (Lipinski definition) is 6. The molecule has 0 saturated heterocycles. The normalized spacial score (nSPS) is 12.4. The maximum atomic E-state index is 11.0. The highest BCUT2D eigenvalue weighted by molar-refractivity contribution is 5.68. The maximum absolute atomic E-state index is 11.0. The van der Waals surface area contributed by atoms with E-state index in [4.69, 9.17) is 18.9 Å². The molecule has 6 nitrogen and oxygen atoms in total. The van der Waals surface area contributed by atoms with Crippen LogP contribution in [0.3, 0.4) is 0 Å². The van der Waals surface area contributed by atoms with Crippen molar-refractivity contribution in [3.05, 3.63) is 23.8 Å². The highest BCUT2D eigenvalue weighted by atomic mass is 16.7. The van der Waals surface area contributed by atoms with Gasteiger partial charge in [0, 0.05) is 19.4 Å². The fourth-order valence-electron chi connectivity index (χ4n) is 1.52. The molecule has 0 aromatic heterocycles. The lowest BCUT2D eigenvalue weighted by atomic mass is 10.2. The van der Waals surface area contributed by atoms with Crippen molar-refractivity contribution >= 4 is 11.9 Å². The van der Waals surface area contributed by atoms with E-state index in [0.717, 1.165) is 0 Å². The molecule has 0 fully saturated rings. The number of fused-ring (bicyclic) bond motifs is 1. The van der Waals surface area contributed by atoms with Gasteiger partial charge in [0.1, 0.15) is 0 Å². The van der Waals surface area contributed by atoms with Gasteiger partial charge in [0.05, 0.1) is 0 Å². The second-order valence-electron chi connectivity index (χ2n) is 3.66. The topological polar surface area (TPSA) is 71.1 Å². The fourth-order valence-corrected chi connectivity index (χ4v) is 1.52. The molecule has 6 heteroatoms. The molecule has 2 rings (SSSR count). The summed E-state index contributed by atoms with van der Waals surface area (Å²) >= 11 is 0. The Bertz CT molecular complexity index is 465. The lowest BCUT2D eigenvalue weighted by Gasteiger charge is -2.17. The minimum absolute atomic E-state index is 0.143. The molecule has 1 aromatic rings. The van der Waals surface area contributed by atoms with Crippen LogP contribution in [0.25, 0.3) is 0 Å². The van der Waals surface area contributed by atoms with Gasteiger partial charge in [0.15, 0.2) is 11.5 Å². The molecule has 1 aromatic carbocycles. The Hall–Kier alpha value is -2.24. The smallest absolute Gasteiger partial charge is 0.305 e. The van der Waals surface area contributed by atoms with Gasteiger partial charge in [0.25, 0.3) is 6.29 Å². The number of hydrogen-bond donors (Lipinski definition) is 0. The van der Waals surface area contributed by atoms with E-state index in [9.17, 15) is 9.59 Å². The summed E-state index contributed by atoms with van der Waals surface area (Å²) in [5.74, 6) is 0.0396. The number of carbonyl (C=O) groups is 2. The Balaban J connectivity index is 2.24. The van der Waals surface area contributed by atoms with Crippen molar-refractivity contribution in [2.24, 2.45) is 0 Å². The minimum Gasteiger partial charge on any atom is -0.454 e. The summed E-state index contributed by atoms with van der Waals surface area (Å²) in [6.07, 6.45) is -1.07. The van der Waals surface area contributed by atoms with E-state index in [1.165, 1.54) is 13.8 Å². The Labute approximate surface area is 103 Å². The van der Waals surface area contributed by atoms with Gasteiger partial charge < -0.3 is 18.9 Å². The van der Waals surface area contributed by atoms with Gasteiger partial charge in [-0.15, -0.1) is 0 Å². The van der Waals surface area contributed by atoms with Crippen molar-refractivity contribution in [1.29, 1.82) is 0 Å². The van der Waals surface area contributed by atoms with Crippen molar-refractivity contribution in [2.45, 2.75) is 20.1 Å². The number of esters is 2. The Morgan fingerprint density at radius 2 is 1.72 bits per heavy atom. The first-order chi connectivity index (χ1) is 8.56. The Morgan fingerprint density at radius 3 is 2.33 bits per heavy atom. The third-order valence-electron chi connectivity index (χ3n) is 2.21. The third kappa shape index (κ3) is 2.71. The van der Waals surface area contributed by atoms with Gasteiger partial charge in [-0.2, -0.15) is 0 Å². The van der Waals surface area contributed by atoms with Gasteiger partial charge in [-0.05, 0) is 18.2 Å². The summed E-state index contributed by atoms with van der Waals surface area (Å²) in [6.45, 7) is 2.62.